The third-order valence-electron chi connectivity index (χ3n) is 3.21. The molecule has 26 heavy (non-hydrogen) atoms. The highest BCUT2D eigenvalue weighted by molar-refractivity contribution is 14.0. The Morgan fingerprint density at radius 1 is 1.15 bits per heavy atom. The van der Waals surface area contributed by atoms with E-state index >= 15 is 0 Å². The lowest BCUT2D eigenvalue weighted by Crippen LogP contribution is -2.38. The molecular weight excluding hydrogens is 462 g/mol. The van der Waals surface area contributed by atoms with Crippen LogP contribution in [0.4, 0.5) is 13.2 Å². The van der Waals surface area contributed by atoms with E-state index in [-0.39, 0.29) is 30.5 Å². The van der Waals surface area contributed by atoms with E-state index in [0.717, 1.165) is 18.6 Å². The summed E-state index contributed by atoms with van der Waals surface area (Å²) in [5.74, 6) is 0.566. The van der Waals surface area contributed by atoms with Crippen LogP contribution in [-0.2, 0) is 22.2 Å². The van der Waals surface area contributed by atoms with E-state index in [1.54, 1.807) is 13.2 Å². The molecule has 0 amide bonds. The zero-order valence-electron chi connectivity index (χ0n) is 15.1. The Morgan fingerprint density at radius 3 is 2.58 bits per heavy atom. The second kappa shape index (κ2) is 14.0. The van der Waals surface area contributed by atoms with Crippen molar-refractivity contribution in [3.8, 4) is 0 Å². The van der Waals surface area contributed by atoms with Crippen molar-refractivity contribution < 1.29 is 22.6 Å². The van der Waals surface area contributed by atoms with Crippen LogP contribution in [0.5, 0.6) is 0 Å². The van der Waals surface area contributed by atoms with Gasteiger partial charge < -0.3 is 20.1 Å². The lowest BCUT2D eigenvalue weighted by Gasteiger charge is -2.12. The van der Waals surface area contributed by atoms with E-state index in [1.807, 2.05) is 6.92 Å². The minimum absolute atomic E-state index is 0. The summed E-state index contributed by atoms with van der Waals surface area (Å²) in [5.41, 5.74) is -0.152. The quantitative estimate of drug-likeness (QED) is 0.229. The van der Waals surface area contributed by atoms with Gasteiger partial charge >= 0.3 is 6.18 Å². The van der Waals surface area contributed by atoms with Gasteiger partial charge in [0.1, 0.15) is 0 Å². The fraction of sp³-hybridized carbons (Fsp3) is 0.588. The molecule has 0 fully saturated rings. The summed E-state index contributed by atoms with van der Waals surface area (Å²) in [6.45, 7) is 5.14. The minimum atomic E-state index is -4.34. The third-order valence-corrected chi connectivity index (χ3v) is 3.21. The summed E-state index contributed by atoms with van der Waals surface area (Å²) in [6.07, 6.45) is -3.55. The number of nitrogens with zero attached hydrogens (tertiary/aromatic N) is 1. The Morgan fingerprint density at radius 2 is 1.92 bits per heavy atom. The van der Waals surface area contributed by atoms with Crippen LogP contribution in [0.2, 0.25) is 0 Å². The highest BCUT2D eigenvalue weighted by Gasteiger charge is 2.30. The molecule has 0 aliphatic rings. The van der Waals surface area contributed by atoms with Crippen molar-refractivity contribution in [3.63, 3.8) is 0 Å². The number of hydrogen-bond donors (Lipinski definition) is 2. The highest BCUT2D eigenvalue weighted by Crippen LogP contribution is 2.29. The fourth-order valence-corrected chi connectivity index (χ4v) is 1.98. The Kier molecular flexibility index (Phi) is 13.5. The van der Waals surface area contributed by atoms with E-state index in [2.05, 4.69) is 15.6 Å². The van der Waals surface area contributed by atoms with Crippen LogP contribution in [0.1, 0.15) is 24.5 Å². The average Bonchev–Trinajstić information content (AvgIpc) is 2.58. The summed E-state index contributed by atoms with van der Waals surface area (Å²) in [6, 6.07) is 5.20. The molecule has 0 spiro atoms. The number of hydrogen-bond acceptors (Lipinski definition) is 3. The van der Waals surface area contributed by atoms with Gasteiger partial charge in [0.2, 0.25) is 0 Å². The number of aliphatic imine (C=N–C) groups is 1. The minimum Gasteiger partial charge on any atom is -0.382 e. The molecule has 9 heteroatoms. The van der Waals surface area contributed by atoms with Gasteiger partial charge in [-0.05, 0) is 31.0 Å². The maximum absolute atomic E-state index is 12.7. The topological polar surface area (TPSA) is 54.9 Å². The number of halogens is 4. The Hall–Kier alpha value is -1.07. The molecule has 0 aliphatic heterocycles. The molecule has 0 aliphatic carbocycles. The van der Waals surface area contributed by atoms with Crippen LogP contribution in [0.3, 0.4) is 0 Å². The molecule has 5 nitrogen and oxygen atoms in total. The maximum Gasteiger partial charge on any atom is 0.416 e. The Bertz CT molecular complexity index is 528. The van der Waals surface area contributed by atoms with Gasteiger partial charge in [0.15, 0.2) is 5.96 Å². The maximum atomic E-state index is 12.7. The van der Waals surface area contributed by atoms with Crippen molar-refractivity contribution in [2.24, 2.45) is 4.99 Å². The molecule has 0 aromatic heterocycles. The Labute approximate surface area is 169 Å². The number of alkyl halides is 3. The average molecular weight is 489 g/mol. The number of guanidine groups is 1. The monoisotopic (exact) mass is 489 g/mol. The molecule has 0 atom stereocenters. The second-order valence-corrected chi connectivity index (χ2v) is 5.28. The van der Waals surface area contributed by atoms with Crippen molar-refractivity contribution in [1.82, 2.24) is 10.6 Å². The first-order valence-corrected chi connectivity index (χ1v) is 8.22. The van der Waals surface area contributed by atoms with E-state index < -0.39 is 11.7 Å². The molecule has 0 unspecified atom stereocenters. The summed E-state index contributed by atoms with van der Waals surface area (Å²) in [7, 11) is 1.62. The van der Waals surface area contributed by atoms with E-state index in [9.17, 15) is 13.2 Å². The first kappa shape index (κ1) is 24.9. The van der Waals surface area contributed by atoms with E-state index in [4.69, 9.17) is 9.47 Å². The van der Waals surface area contributed by atoms with Crippen molar-refractivity contribution in [3.05, 3.63) is 35.4 Å². The first-order valence-electron chi connectivity index (χ1n) is 8.22. The second-order valence-electron chi connectivity index (χ2n) is 5.28. The molecule has 0 radical (unpaired) electrons. The predicted octanol–water partition coefficient (Wildman–Crippen LogP) is 3.43. The van der Waals surface area contributed by atoms with Crippen LogP contribution in [-0.4, -0.2) is 46.0 Å². The van der Waals surface area contributed by atoms with Crippen molar-refractivity contribution in [2.75, 3.05) is 40.0 Å². The molecule has 0 heterocycles. The number of ether oxygens (including phenoxy) is 2. The molecular formula is C17H27F3IN3O2. The van der Waals surface area contributed by atoms with Crippen LogP contribution >= 0.6 is 24.0 Å². The zero-order valence-corrected chi connectivity index (χ0v) is 17.4. The van der Waals surface area contributed by atoms with Gasteiger partial charge in [0.25, 0.3) is 0 Å². The zero-order chi connectivity index (χ0) is 18.5. The number of nitrogens with one attached hydrogen (secondary N) is 2. The molecule has 0 bridgehead atoms. The number of methoxy groups -OCH3 is 1. The van der Waals surface area contributed by atoms with E-state index in [1.165, 1.54) is 6.07 Å². The predicted molar refractivity (Wildman–Crippen MR) is 107 cm³/mol. The fourth-order valence-electron chi connectivity index (χ4n) is 1.98. The standard InChI is InChI=1S/C17H26F3N3O2.HI/c1-3-21-16(22-8-5-9-25-11-10-24-2)23-13-14-6-4-7-15(12-14)17(18,19)20;/h4,6-7,12H,3,5,8-11,13H2,1-2H3,(H2,21,22,23);1H. The smallest absolute Gasteiger partial charge is 0.382 e. The van der Waals surface area contributed by atoms with Crippen LogP contribution in [0, 0.1) is 0 Å². The number of rotatable bonds is 10. The largest absolute Gasteiger partial charge is 0.416 e. The highest BCUT2D eigenvalue weighted by atomic mass is 127. The number of benzene rings is 1. The lowest BCUT2D eigenvalue weighted by molar-refractivity contribution is -0.137. The third kappa shape index (κ3) is 10.8. The van der Waals surface area contributed by atoms with Crippen molar-refractivity contribution in [2.45, 2.75) is 26.1 Å². The SMILES string of the molecule is CCNC(=NCc1cccc(C(F)(F)F)c1)NCCCOCCOC.I. The van der Waals surface area contributed by atoms with Crippen molar-refractivity contribution >= 4 is 29.9 Å². The lowest BCUT2D eigenvalue weighted by atomic mass is 10.1. The van der Waals surface area contributed by atoms with Gasteiger partial charge in [-0.2, -0.15) is 13.2 Å². The summed E-state index contributed by atoms with van der Waals surface area (Å²) < 4.78 is 48.4. The molecule has 1 rings (SSSR count). The molecule has 1 aromatic carbocycles. The molecule has 0 saturated heterocycles. The van der Waals surface area contributed by atoms with Crippen LogP contribution in [0.25, 0.3) is 0 Å². The van der Waals surface area contributed by atoms with Gasteiger partial charge in [-0.25, -0.2) is 4.99 Å². The summed E-state index contributed by atoms with van der Waals surface area (Å²) in [5, 5.41) is 6.20. The molecule has 0 saturated carbocycles. The van der Waals surface area contributed by atoms with Gasteiger partial charge in [0, 0.05) is 26.8 Å². The van der Waals surface area contributed by atoms with Crippen LogP contribution in [0.15, 0.2) is 29.3 Å². The van der Waals surface area contributed by atoms with Crippen LogP contribution < -0.4 is 10.6 Å². The summed E-state index contributed by atoms with van der Waals surface area (Å²) >= 11 is 0. The molecule has 1 aromatic rings. The summed E-state index contributed by atoms with van der Waals surface area (Å²) in [4.78, 5) is 4.32. The Balaban J connectivity index is 0.00000625. The van der Waals surface area contributed by atoms with Gasteiger partial charge in [-0.15, -0.1) is 24.0 Å². The van der Waals surface area contributed by atoms with Gasteiger partial charge in [-0.1, -0.05) is 12.1 Å². The van der Waals surface area contributed by atoms with Gasteiger partial charge in [-0.3, -0.25) is 0 Å². The molecule has 2 N–H and O–H groups in total. The molecule has 150 valence electrons. The van der Waals surface area contributed by atoms with Crippen molar-refractivity contribution in [1.29, 1.82) is 0 Å². The first-order chi connectivity index (χ1) is 12.0. The van der Waals surface area contributed by atoms with Gasteiger partial charge in [0.05, 0.1) is 25.3 Å². The normalized spacial score (nSPS) is 11.8. The van der Waals surface area contributed by atoms with E-state index in [0.29, 0.717) is 44.4 Å².